The van der Waals surface area contributed by atoms with Crippen LogP contribution in [-0.2, 0) is 12.8 Å². The van der Waals surface area contributed by atoms with Gasteiger partial charge in [0, 0.05) is 16.8 Å². The molecule has 4 nitrogen and oxygen atoms in total. The topological polar surface area (TPSA) is 59.4 Å². The summed E-state index contributed by atoms with van der Waals surface area (Å²) < 4.78 is 5.60. The third kappa shape index (κ3) is 2.47. The molecule has 1 aliphatic rings. The first-order chi connectivity index (χ1) is 9.63. The minimum atomic E-state index is -1.08. The van der Waals surface area contributed by atoms with Crippen LogP contribution in [0.1, 0.15) is 28.0 Å². The smallest absolute Gasteiger partial charge is 0.339 e. The molecule has 0 unspecified atom stereocenters. The zero-order chi connectivity index (χ0) is 14.1. The first-order valence-electron chi connectivity index (χ1n) is 6.33. The summed E-state index contributed by atoms with van der Waals surface area (Å²) in [6.45, 7) is 0. The fourth-order valence-corrected chi connectivity index (χ4v) is 2.50. The van der Waals surface area contributed by atoms with Gasteiger partial charge in [-0.05, 0) is 43.0 Å². The van der Waals surface area contributed by atoms with E-state index in [1.807, 2.05) is 6.07 Å². The van der Waals surface area contributed by atoms with Crippen LogP contribution >= 0.6 is 11.6 Å². The molecule has 1 heterocycles. The number of nitrogens with zero attached hydrogens (tertiary/aromatic N) is 1. The lowest BCUT2D eigenvalue weighted by Gasteiger charge is -2.09. The van der Waals surface area contributed by atoms with Gasteiger partial charge >= 0.3 is 5.97 Å². The molecule has 2 aromatic rings. The Morgan fingerprint density at radius 1 is 1.25 bits per heavy atom. The van der Waals surface area contributed by atoms with E-state index in [-0.39, 0.29) is 11.3 Å². The highest BCUT2D eigenvalue weighted by atomic mass is 35.5. The molecule has 5 heteroatoms. The third-order valence-electron chi connectivity index (χ3n) is 3.29. The molecule has 102 valence electrons. The molecule has 0 saturated heterocycles. The van der Waals surface area contributed by atoms with Gasteiger partial charge in [-0.1, -0.05) is 17.7 Å². The number of rotatable bonds is 3. The van der Waals surface area contributed by atoms with E-state index in [2.05, 4.69) is 4.98 Å². The molecule has 1 aromatic carbocycles. The number of aromatic nitrogens is 1. The molecule has 0 saturated carbocycles. The number of fused-ring (bicyclic) bond motifs is 1. The number of benzene rings is 1. The van der Waals surface area contributed by atoms with Gasteiger partial charge in [-0.15, -0.1) is 0 Å². The number of aryl methyl sites for hydroxylation is 2. The van der Waals surface area contributed by atoms with E-state index in [4.69, 9.17) is 21.4 Å². The number of hydrogen-bond acceptors (Lipinski definition) is 3. The summed E-state index contributed by atoms with van der Waals surface area (Å²) in [5.74, 6) is -0.425. The van der Waals surface area contributed by atoms with Crippen molar-refractivity contribution in [1.29, 1.82) is 0 Å². The minimum Gasteiger partial charge on any atom is -0.478 e. The number of carbonyl (C=O) groups is 1. The number of halogens is 1. The van der Waals surface area contributed by atoms with Crippen LogP contribution in [0.5, 0.6) is 11.6 Å². The molecule has 20 heavy (non-hydrogen) atoms. The van der Waals surface area contributed by atoms with Gasteiger partial charge in [0.05, 0.1) is 0 Å². The highest BCUT2D eigenvalue weighted by molar-refractivity contribution is 6.31. The summed E-state index contributed by atoms with van der Waals surface area (Å²) in [4.78, 5) is 15.6. The van der Waals surface area contributed by atoms with Crippen LogP contribution in [0.25, 0.3) is 0 Å². The molecular formula is C15H12ClNO3. The van der Waals surface area contributed by atoms with E-state index in [0.29, 0.717) is 10.9 Å². The highest BCUT2D eigenvalue weighted by Gasteiger charge is 2.16. The second kappa shape index (κ2) is 5.13. The molecular weight excluding hydrogens is 278 g/mol. The highest BCUT2D eigenvalue weighted by Crippen LogP contribution is 2.29. The van der Waals surface area contributed by atoms with Crippen molar-refractivity contribution in [1.82, 2.24) is 4.98 Å². The van der Waals surface area contributed by atoms with Gasteiger partial charge in [0.25, 0.3) is 0 Å². The van der Waals surface area contributed by atoms with E-state index in [1.54, 1.807) is 18.2 Å². The van der Waals surface area contributed by atoms with Crippen molar-refractivity contribution in [3.63, 3.8) is 0 Å². The summed E-state index contributed by atoms with van der Waals surface area (Å²) in [6.07, 6.45) is 3.09. The lowest BCUT2D eigenvalue weighted by molar-refractivity contribution is 0.0694. The predicted octanol–water partition coefficient (Wildman–Crippen LogP) is 3.71. The maximum Gasteiger partial charge on any atom is 0.339 e. The van der Waals surface area contributed by atoms with Gasteiger partial charge in [-0.25, -0.2) is 9.78 Å². The molecule has 0 amide bonds. The van der Waals surface area contributed by atoms with Crippen molar-refractivity contribution in [2.45, 2.75) is 19.3 Å². The molecule has 0 radical (unpaired) electrons. The summed E-state index contributed by atoms with van der Waals surface area (Å²) in [7, 11) is 0. The van der Waals surface area contributed by atoms with E-state index in [0.717, 1.165) is 25.0 Å². The average molecular weight is 290 g/mol. The number of hydrogen-bond donors (Lipinski definition) is 1. The molecule has 0 fully saturated rings. The van der Waals surface area contributed by atoms with E-state index >= 15 is 0 Å². The van der Waals surface area contributed by atoms with Crippen molar-refractivity contribution >= 4 is 17.6 Å². The number of carboxylic acid groups (broad SMARTS) is 1. The summed E-state index contributed by atoms with van der Waals surface area (Å²) in [5, 5.41) is 9.52. The second-order valence-electron chi connectivity index (χ2n) is 4.66. The Hall–Kier alpha value is -2.07. The quantitative estimate of drug-likeness (QED) is 0.935. The molecule has 1 N–H and O–H groups in total. The fourth-order valence-electron chi connectivity index (χ4n) is 2.33. The van der Waals surface area contributed by atoms with Crippen LogP contribution in [0.15, 0.2) is 30.3 Å². The molecule has 0 spiro atoms. The Bertz CT molecular complexity index is 685. The molecule has 3 rings (SSSR count). The van der Waals surface area contributed by atoms with Gasteiger partial charge in [0.1, 0.15) is 11.3 Å². The van der Waals surface area contributed by atoms with Crippen LogP contribution in [-0.4, -0.2) is 16.1 Å². The molecule has 0 aliphatic heterocycles. The number of carboxylic acids is 1. The van der Waals surface area contributed by atoms with Crippen LogP contribution in [0.2, 0.25) is 5.02 Å². The molecule has 0 atom stereocenters. The van der Waals surface area contributed by atoms with Crippen molar-refractivity contribution < 1.29 is 14.6 Å². The summed E-state index contributed by atoms with van der Waals surface area (Å²) in [5.41, 5.74) is 2.31. The van der Waals surface area contributed by atoms with E-state index in [1.165, 1.54) is 11.6 Å². The SMILES string of the molecule is O=C(O)c1cc(Cl)ccc1Oc1ccc2c(n1)CCC2. The zero-order valence-electron chi connectivity index (χ0n) is 10.6. The Morgan fingerprint density at radius 2 is 2.10 bits per heavy atom. The van der Waals surface area contributed by atoms with Crippen LogP contribution in [0.4, 0.5) is 0 Å². The van der Waals surface area contributed by atoms with Gasteiger partial charge in [0.2, 0.25) is 5.88 Å². The molecule has 1 aromatic heterocycles. The summed E-state index contributed by atoms with van der Waals surface area (Å²) >= 11 is 5.81. The number of pyridine rings is 1. The van der Waals surface area contributed by atoms with Crippen molar-refractivity contribution in [2.24, 2.45) is 0 Å². The van der Waals surface area contributed by atoms with Crippen LogP contribution < -0.4 is 4.74 Å². The normalized spacial score (nSPS) is 13.1. The van der Waals surface area contributed by atoms with Crippen molar-refractivity contribution in [3.05, 3.63) is 52.2 Å². The average Bonchev–Trinajstić information content (AvgIpc) is 2.88. The number of aromatic carboxylic acids is 1. The van der Waals surface area contributed by atoms with E-state index < -0.39 is 5.97 Å². The summed E-state index contributed by atoms with van der Waals surface area (Å²) in [6, 6.07) is 8.26. The monoisotopic (exact) mass is 289 g/mol. The molecule has 1 aliphatic carbocycles. The maximum atomic E-state index is 11.2. The second-order valence-corrected chi connectivity index (χ2v) is 5.09. The minimum absolute atomic E-state index is 0.0276. The first kappa shape index (κ1) is 12.9. The lowest BCUT2D eigenvalue weighted by Crippen LogP contribution is -2.01. The Kier molecular flexibility index (Phi) is 3.32. The standard InChI is InChI=1S/C15H12ClNO3/c16-10-5-6-13(11(8-10)15(18)19)20-14-7-4-9-2-1-3-12(9)17-14/h4-8H,1-3H2,(H,18,19). The first-order valence-corrected chi connectivity index (χ1v) is 6.71. The lowest BCUT2D eigenvalue weighted by atomic mass is 10.2. The van der Waals surface area contributed by atoms with E-state index in [9.17, 15) is 4.79 Å². The van der Waals surface area contributed by atoms with Gasteiger partial charge in [-0.3, -0.25) is 0 Å². The third-order valence-corrected chi connectivity index (χ3v) is 3.52. The number of ether oxygens (including phenoxy) is 1. The molecule has 0 bridgehead atoms. The predicted molar refractivity (Wildman–Crippen MR) is 74.7 cm³/mol. The largest absolute Gasteiger partial charge is 0.478 e. The Morgan fingerprint density at radius 3 is 2.90 bits per heavy atom. The van der Waals surface area contributed by atoms with Gasteiger partial charge in [-0.2, -0.15) is 0 Å². The fraction of sp³-hybridized carbons (Fsp3) is 0.200. The zero-order valence-corrected chi connectivity index (χ0v) is 11.4. The Balaban J connectivity index is 1.93. The van der Waals surface area contributed by atoms with Crippen molar-refractivity contribution in [3.8, 4) is 11.6 Å². The van der Waals surface area contributed by atoms with Gasteiger partial charge < -0.3 is 9.84 Å². The van der Waals surface area contributed by atoms with Crippen molar-refractivity contribution in [2.75, 3.05) is 0 Å². The van der Waals surface area contributed by atoms with Crippen LogP contribution in [0.3, 0.4) is 0 Å². The van der Waals surface area contributed by atoms with Crippen LogP contribution in [0, 0.1) is 0 Å². The maximum absolute atomic E-state index is 11.2. The Labute approximate surface area is 121 Å². The van der Waals surface area contributed by atoms with Gasteiger partial charge in [0.15, 0.2) is 0 Å².